The van der Waals surface area contributed by atoms with Gasteiger partial charge in [-0.15, -0.1) is 0 Å². The Balaban J connectivity index is 1.71. The first kappa shape index (κ1) is 16.4. The number of hydrogen-bond donors (Lipinski definition) is 2. The first-order valence-corrected chi connectivity index (χ1v) is 7.37. The predicted molar refractivity (Wildman–Crippen MR) is 88.5 cm³/mol. The van der Waals surface area contributed by atoms with Crippen molar-refractivity contribution in [2.75, 3.05) is 12.5 Å². The third kappa shape index (κ3) is 3.57. The van der Waals surface area contributed by atoms with Crippen LogP contribution >= 0.6 is 0 Å². The van der Waals surface area contributed by atoms with E-state index >= 15 is 0 Å². The van der Waals surface area contributed by atoms with Crippen LogP contribution in [0.1, 0.15) is 16.2 Å². The number of methoxy groups -OCH3 is 1. The van der Waals surface area contributed by atoms with E-state index in [2.05, 4.69) is 20.8 Å². The van der Waals surface area contributed by atoms with E-state index in [4.69, 9.17) is 9.15 Å². The maximum Gasteiger partial charge on any atom is 0.291 e. The Bertz CT molecular complexity index is 896. The number of aromatic nitrogens is 2. The number of hydrazine groups is 1. The summed E-state index contributed by atoms with van der Waals surface area (Å²) in [5, 5.41) is 0. The van der Waals surface area contributed by atoms with Gasteiger partial charge in [-0.2, -0.15) is 0 Å². The number of halogens is 1. The highest BCUT2D eigenvalue weighted by atomic mass is 19.1. The molecule has 2 heterocycles. The van der Waals surface area contributed by atoms with Crippen LogP contribution in [-0.4, -0.2) is 23.0 Å². The number of nitrogens with one attached hydrogen (secondary N) is 2. The lowest BCUT2D eigenvalue weighted by molar-refractivity contribution is 0.0957. The fourth-order valence-corrected chi connectivity index (χ4v) is 2.14. The zero-order valence-electron chi connectivity index (χ0n) is 13.5. The van der Waals surface area contributed by atoms with Crippen molar-refractivity contribution in [1.29, 1.82) is 0 Å². The molecule has 0 fully saturated rings. The molecule has 0 saturated heterocycles. The number of amides is 1. The molecule has 0 aliphatic heterocycles. The molecule has 0 aliphatic carbocycles. The van der Waals surface area contributed by atoms with Crippen molar-refractivity contribution in [2.24, 2.45) is 0 Å². The van der Waals surface area contributed by atoms with Crippen molar-refractivity contribution in [2.45, 2.75) is 6.92 Å². The van der Waals surface area contributed by atoms with Crippen molar-refractivity contribution in [1.82, 2.24) is 15.4 Å². The van der Waals surface area contributed by atoms with Gasteiger partial charge >= 0.3 is 0 Å². The quantitative estimate of drug-likeness (QED) is 0.693. The van der Waals surface area contributed by atoms with Crippen LogP contribution in [0.25, 0.3) is 11.5 Å². The minimum atomic E-state index is -0.647. The average Bonchev–Trinajstić information content (AvgIpc) is 3.02. The Labute approximate surface area is 142 Å². The van der Waals surface area contributed by atoms with Gasteiger partial charge in [0.25, 0.3) is 5.91 Å². The SMILES string of the molecule is COc1ncc(NNC(=O)c2nc(-c3ccccc3)oc2C)cc1F. The molecule has 1 aromatic carbocycles. The minimum Gasteiger partial charge on any atom is -0.479 e. The topological polar surface area (TPSA) is 89.3 Å². The predicted octanol–water partition coefficient (Wildman–Crippen LogP) is 2.95. The zero-order valence-corrected chi connectivity index (χ0v) is 13.5. The number of aryl methyl sites for hydroxylation is 1. The molecule has 0 bridgehead atoms. The molecule has 0 atom stereocenters. The summed E-state index contributed by atoms with van der Waals surface area (Å²) in [5.74, 6) is -0.570. The first-order valence-electron chi connectivity index (χ1n) is 7.37. The lowest BCUT2D eigenvalue weighted by atomic mass is 10.2. The highest BCUT2D eigenvalue weighted by Crippen LogP contribution is 2.21. The van der Waals surface area contributed by atoms with Crippen molar-refractivity contribution in [3.63, 3.8) is 0 Å². The first-order chi connectivity index (χ1) is 12.1. The van der Waals surface area contributed by atoms with Gasteiger partial charge in [-0.25, -0.2) is 14.4 Å². The number of nitrogens with zero attached hydrogens (tertiary/aromatic N) is 2. The Hall–Kier alpha value is -3.42. The van der Waals surface area contributed by atoms with Gasteiger partial charge < -0.3 is 9.15 Å². The molecule has 3 rings (SSSR count). The van der Waals surface area contributed by atoms with Crippen molar-refractivity contribution in [3.05, 3.63) is 59.9 Å². The third-order valence-electron chi connectivity index (χ3n) is 3.35. The molecule has 3 aromatic rings. The van der Waals surface area contributed by atoms with Gasteiger partial charge in [0.2, 0.25) is 11.8 Å². The monoisotopic (exact) mass is 342 g/mol. The molecule has 0 saturated carbocycles. The van der Waals surface area contributed by atoms with E-state index in [1.807, 2.05) is 30.3 Å². The van der Waals surface area contributed by atoms with E-state index in [-0.39, 0.29) is 17.3 Å². The number of pyridine rings is 1. The van der Waals surface area contributed by atoms with Crippen LogP contribution in [0.2, 0.25) is 0 Å². The van der Waals surface area contributed by atoms with E-state index in [0.717, 1.165) is 11.6 Å². The molecule has 0 unspecified atom stereocenters. The molecular weight excluding hydrogens is 327 g/mol. The largest absolute Gasteiger partial charge is 0.479 e. The second-order valence-electron chi connectivity index (χ2n) is 5.08. The summed E-state index contributed by atoms with van der Waals surface area (Å²) in [6.07, 6.45) is 1.33. The molecule has 25 heavy (non-hydrogen) atoms. The Morgan fingerprint density at radius 1 is 1.28 bits per heavy atom. The van der Waals surface area contributed by atoms with Gasteiger partial charge in [-0.05, 0) is 19.1 Å². The second-order valence-corrected chi connectivity index (χ2v) is 5.08. The van der Waals surface area contributed by atoms with Crippen LogP contribution in [0.3, 0.4) is 0 Å². The van der Waals surface area contributed by atoms with Crippen LogP contribution in [-0.2, 0) is 0 Å². The molecule has 128 valence electrons. The van der Waals surface area contributed by atoms with Gasteiger partial charge in [0.1, 0.15) is 5.76 Å². The van der Waals surface area contributed by atoms with Crippen LogP contribution < -0.4 is 15.6 Å². The van der Waals surface area contributed by atoms with E-state index < -0.39 is 11.7 Å². The smallest absolute Gasteiger partial charge is 0.291 e. The molecular formula is C17H15FN4O3. The number of carbonyl (C=O) groups is 1. The lowest BCUT2D eigenvalue weighted by Gasteiger charge is -2.08. The Morgan fingerprint density at radius 3 is 2.72 bits per heavy atom. The molecule has 7 nitrogen and oxygen atoms in total. The van der Waals surface area contributed by atoms with E-state index in [0.29, 0.717) is 11.7 Å². The molecule has 8 heteroatoms. The summed E-state index contributed by atoms with van der Waals surface area (Å²) in [6.45, 7) is 1.64. The maximum atomic E-state index is 13.6. The summed E-state index contributed by atoms with van der Waals surface area (Å²) < 4.78 is 23.9. The van der Waals surface area contributed by atoms with Gasteiger partial charge in [0, 0.05) is 11.6 Å². The average molecular weight is 342 g/mol. The van der Waals surface area contributed by atoms with Gasteiger partial charge in [-0.3, -0.25) is 15.6 Å². The van der Waals surface area contributed by atoms with Crippen molar-refractivity contribution < 1.29 is 18.3 Å². The van der Waals surface area contributed by atoms with Crippen LogP contribution in [0, 0.1) is 12.7 Å². The normalized spacial score (nSPS) is 10.4. The molecule has 2 N–H and O–H groups in total. The standard InChI is InChI=1S/C17H15FN4O3/c1-10-14(20-16(25-10)11-6-4-3-5-7-11)15(23)22-21-12-8-13(18)17(24-2)19-9-12/h3-9,21H,1-2H3,(H,22,23). The van der Waals surface area contributed by atoms with E-state index in [1.54, 1.807) is 6.92 Å². The lowest BCUT2D eigenvalue weighted by Crippen LogP contribution is -2.30. The number of oxazole rings is 1. The number of anilines is 1. The summed E-state index contributed by atoms with van der Waals surface area (Å²) in [4.78, 5) is 20.2. The number of ether oxygens (including phenoxy) is 1. The van der Waals surface area contributed by atoms with Gasteiger partial charge in [0.15, 0.2) is 11.5 Å². The third-order valence-corrected chi connectivity index (χ3v) is 3.35. The molecule has 1 amide bonds. The molecule has 0 aliphatic rings. The fraction of sp³-hybridized carbons (Fsp3) is 0.118. The van der Waals surface area contributed by atoms with E-state index in [1.165, 1.54) is 13.3 Å². The molecule has 0 radical (unpaired) electrons. The fourth-order valence-electron chi connectivity index (χ4n) is 2.14. The maximum absolute atomic E-state index is 13.6. The Kier molecular flexibility index (Phi) is 4.60. The minimum absolute atomic E-state index is 0.128. The molecule has 2 aromatic heterocycles. The van der Waals surface area contributed by atoms with Crippen LogP contribution in [0.5, 0.6) is 5.88 Å². The van der Waals surface area contributed by atoms with Gasteiger partial charge in [0.05, 0.1) is 19.0 Å². The second kappa shape index (κ2) is 7.00. The van der Waals surface area contributed by atoms with Crippen molar-refractivity contribution in [3.8, 4) is 17.3 Å². The summed E-state index contributed by atoms with van der Waals surface area (Å²) in [6, 6.07) is 10.4. The van der Waals surface area contributed by atoms with E-state index in [9.17, 15) is 9.18 Å². The summed E-state index contributed by atoms with van der Waals surface area (Å²) >= 11 is 0. The van der Waals surface area contributed by atoms with Crippen LogP contribution in [0.15, 0.2) is 47.0 Å². The summed E-state index contributed by atoms with van der Waals surface area (Å²) in [7, 11) is 1.32. The zero-order chi connectivity index (χ0) is 17.8. The number of benzene rings is 1. The number of hydrogen-bond acceptors (Lipinski definition) is 6. The Morgan fingerprint density at radius 2 is 2.04 bits per heavy atom. The summed E-state index contributed by atoms with van der Waals surface area (Å²) in [5.41, 5.74) is 6.15. The molecule has 0 spiro atoms. The van der Waals surface area contributed by atoms with Crippen molar-refractivity contribution >= 4 is 11.6 Å². The van der Waals surface area contributed by atoms with Gasteiger partial charge in [-0.1, -0.05) is 18.2 Å². The number of rotatable bonds is 5. The highest BCUT2D eigenvalue weighted by molar-refractivity contribution is 5.94. The van der Waals surface area contributed by atoms with Crippen LogP contribution in [0.4, 0.5) is 10.1 Å². The highest BCUT2D eigenvalue weighted by Gasteiger charge is 2.18. The number of carbonyl (C=O) groups excluding carboxylic acids is 1.